The van der Waals surface area contributed by atoms with Crippen molar-refractivity contribution in [2.75, 3.05) is 0 Å². The molecule has 2 heterocycles. The van der Waals surface area contributed by atoms with Gasteiger partial charge in [0.15, 0.2) is 0 Å². The van der Waals surface area contributed by atoms with E-state index >= 15 is 0 Å². The van der Waals surface area contributed by atoms with Crippen LogP contribution in [-0.2, 0) is 0 Å². The van der Waals surface area contributed by atoms with E-state index in [1.165, 1.54) is 28.7 Å². The molecule has 0 unspecified atom stereocenters. The zero-order chi connectivity index (χ0) is 17.3. The lowest BCUT2D eigenvalue weighted by Crippen LogP contribution is -2.17. The highest BCUT2D eigenvalue weighted by Crippen LogP contribution is 2.15. The number of esters is 1. The Morgan fingerprint density at radius 1 is 1.25 bits per heavy atom. The Morgan fingerprint density at radius 3 is 2.62 bits per heavy atom. The maximum Gasteiger partial charge on any atom is 0.344 e. The highest BCUT2D eigenvalue weighted by atomic mass is 16.6. The molecule has 3 aromatic rings. The van der Waals surface area contributed by atoms with Crippen molar-refractivity contribution in [2.45, 2.75) is 6.92 Å². The zero-order valence-corrected chi connectivity index (χ0v) is 12.5. The number of non-ortho nitro benzene ring substituents is 1. The van der Waals surface area contributed by atoms with Gasteiger partial charge in [0.1, 0.15) is 5.65 Å². The average Bonchev–Trinajstić information content (AvgIpc) is 2.56. The molecule has 0 radical (unpaired) electrons. The lowest BCUT2D eigenvalue weighted by atomic mass is 10.2. The number of ether oxygens (including phenoxy) is 1. The minimum atomic E-state index is -0.755. The third-order valence-corrected chi connectivity index (χ3v) is 3.37. The predicted octanol–water partition coefficient (Wildman–Crippen LogP) is 2.13. The number of hydrogen-bond acceptors (Lipinski definition) is 6. The second kappa shape index (κ2) is 5.92. The Hall–Kier alpha value is -3.55. The summed E-state index contributed by atoms with van der Waals surface area (Å²) in [5.41, 5.74) is 0.742. The molecule has 0 atom stereocenters. The molecule has 0 saturated carbocycles. The molecular formula is C16H11N3O5. The molecule has 0 aliphatic carbocycles. The predicted molar refractivity (Wildman–Crippen MR) is 84.3 cm³/mol. The molecule has 0 aliphatic heterocycles. The molecule has 0 bridgehead atoms. The number of aromatic nitrogens is 2. The van der Waals surface area contributed by atoms with Crippen LogP contribution in [-0.4, -0.2) is 20.3 Å². The first-order valence-electron chi connectivity index (χ1n) is 6.91. The van der Waals surface area contributed by atoms with Crippen LogP contribution in [0.25, 0.3) is 5.65 Å². The standard InChI is InChI=1S/C16H11N3O5/c1-10-3-2-8-18-14(20)9-13(17-15(10)18)24-16(21)11-4-6-12(7-5-11)19(22)23/h2-9H,1H3. The number of hydrogen-bond donors (Lipinski definition) is 0. The maximum absolute atomic E-state index is 12.1. The summed E-state index contributed by atoms with van der Waals surface area (Å²) in [5, 5.41) is 10.6. The minimum Gasteiger partial charge on any atom is -0.404 e. The van der Waals surface area contributed by atoms with Gasteiger partial charge in [-0.25, -0.2) is 4.79 Å². The highest BCUT2D eigenvalue weighted by Gasteiger charge is 2.13. The van der Waals surface area contributed by atoms with Gasteiger partial charge in [0, 0.05) is 18.3 Å². The van der Waals surface area contributed by atoms with Crippen LogP contribution in [0.15, 0.2) is 53.5 Å². The van der Waals surface area contributed by atoms with Gasteiger partial charge in [-0.05, 0) is 30.7 Å². The summed E-state index contributed by atoms with van der Waals surface area (Å²) in [6.07, 6.45) is 1.57. The van der Waals surface area contributed by atoms with Crippen molar-refractivity contribution >= 4 is 17.3 Å². The SMILES string of the molecule is Cc1cccn2c(=O)cc(OC(=O)c3ccc([N+](=O)[O-])cc3)nc12. The van der Waals surface area contributed by atoms with Gasteiger partial charge >= 0.3 is 5.97 Å². The first-order chi connectivity index (χ1) is 11.5. The van der Waals surface area contributed by atoms with Crippen molar-refractivity contribution < 1.29 is 14.5 Å². The van der Waals surface area contributed by atoms with Gasteiger partial charge in [-0.15, -0.1) is 0 Å². The van der Waals surface area contributed by atoms with Gasteiger partial charge in [0.25, 0.3) is 11.2 Å². The first kappa shape index (κ1) is 15.3. The van der Waals surface area contributed by atoms with Gasteiger partial charge in [-0.2, -0.15) is 4.98 Å². The topological polar surface area (TPSA) is 104 Å². The lowest BCUT2D eigenvalue weighted by molar-refractivity contribution is -0.384. The molecule has 0 saturated heterocycles. The molecule has 8 heteroatoms. The van der Waals surface area contributed by atoms with Crippen LogP contribution in [0.1, 0.15) is 15.9 Å². The number of carbonyl (C=O) groups excluding carboxylic acids is 1. The minimum absolute atomic E-state index is 0.118. The number of carbonyl (C=O) groups is 1. The Morgan fingerprint density at radius 2 is 1.96 bits per heavy atom. The van der Waals surface area contributed by atoms with Crippen molar-refractivity contribution in [2.24, 2.45) is 0 Å². The number of benzene rings is 1. The molecule has 0 aliphatic rings. The number of rotatable bonds is 3. The van der Waals surface area contributed by atoms with Crippen molar-refractivity contribution in [3.05, 3.63) is 80.3 Å². The van der Waals surface area contributed by atoms with Crippen molar-refractivity contribution in [1.82, 2.24) is 9.38 Å². The molecule has 0 spiro atoms. The Balaban J connectivity index is 1.92. The monoisotopic (exact) mass is 325 g/mol. The van der Waals surface area contributed by atoms with Crippen LogP contribution < -0.4 is 10.3 Å². The lowest BCUT2D eigenvalue weighted by Gasteiger charge is -2.06. The molecule has 2 aromatic heterocycles. The summed E-state index contributed by atoms with van der Waals surface area (Å²) in [6, 6.07) is 9.56. The molecule has 3 rings (SSSR count). The van der Waals surface area contributed by atoms with E-state index in [0.29, 0.717) is 5.65 Å². The summed E-state index contributed by atoms with van der Waals surface area (Å²) in [6.45, 7) is 1.78. The fourth-order valence-corrected chi connectivity index (χ4v) is 2.17. The van der Waals surface area contributed by atoms with Crippen molar-refractivity contribution in [1.29, 1.82) is 0 Å². The number of nitrogens with zero attached hydrogens (tertiary/aromatic N) is 3. The van der Waals surface area contributed by atoms with Crippen LogP contribution >= 0.6 is 0 Å². The summed E-state index contributed by atoms with van der Waals surface area (Å²) >= 11 is 0. The second-order valence-electron chi connectivity index (χ2n) is 5.01. The Kier molecular flexibility index (Phi) is 3.78. The summed E-state index contributed by atoms with van der Waals surface area (Å²) in [5.74, 6) is -0.882. The molecule has 8 nitrogen and oxygen atoms in total. The number of fused-ring (bicyclic) bond motifs is 1. The summed E-state index contributed by atoms with van der Waals surface area (Å²) < 4.78 is 6.46. The molecule has 120 valence electrons. The summed E-state index contributed by atoms with van der Waals surface area (Å²) in [4.78, 5) is 38.3. The van der Waals surface area contributed by atoms with E-state index in [9.17, 15) is 19.7 Å². The molecule has 1 aromatic carbocycles. The Labute approximate surface area is 135 Å². The van der Waals surface area contributed by atoms with E-state index in [2.05, 4.69) is 4.98 Å². The second-order valence-corrected chi connectivity index (χ2v) is 5.01. The normalized spacial score (nSPS) is 10.5. The number of nitro groups is 1. The third-order valence-electron chi connectivity index (χ3n) is 3.37. The number of pyridine rings is 1. The van der Waals surface area contributed by atoms with Crippen LogP contribution in [0.5, 0.6) is 5.88 Å². The van der Waals surface area contributed by atoms with E-state index in [1.807, 2.05) is 0 Å². The first-order valence-corrected chi connectivity index (χ1v) is 6.91. The average molecular weight is 325 g/mol. The van der Waals surface area contributed by atoms with Gasteiger partial charge in [0.05, 0.1) is 16.6 Å². The molecule has 0 N–H and O–H groups in total. The van der Waals surface area contributed by atoms with Gasteiger partial charge < -0.3 is 4.74 Å². The molecule has 0 amide bonds. The largest absolute Gasteiger partial charge is 0.404 e. The smallest absolute Gasteiger partial charge is 0.344 e. The van der Waals surface area contributed by atoms with Crippen LogP contribution in [0, 0.1) is 17.0 Å². The van der Waals surface area contributed by atoms with Gasteiger partial charge in [0.2, 0.25) is 5.88 Å². The zero-order valence-electron chi connectivity index (χ0n) is 12.5. The van der Waals surface area contributed by atoms with E-state index in [-0.39, 0.29) is 22.7 Å². The van der Waals surface area contributed by atoms with Crippen LogP contribution in [0.2, 0.25) is 0 Å². The van der Waals surface area contributed by atoms with E-state index in [0.717, 1.165) is 11.6 Å². The fourth-order valence-electron chi connectivity index (χ4n) is 2.17. The number of aryl methyl sites for hydroxylation is 1. The molecule has 0 fully saturated rings. The summed E-state index contributed by atoms with van der Waals surface area (Å²) in [7, 11) is 0. The van der Waals surface area contributed by atoms with E-state index in [1.54, 1.807) is 25.3 Å². The van der Waals surface area contributed by atoms with Gasteiger partial charge in [-0.3, -0.25) is 19.3 Å². The van der Waals surface area contributed by atoms with E-state index < -0.39 is 10.9 Å². The van der Waals surface area contributed by atoms with Crippen molar-refractivity contribution in [3.63, 3.8) is 0 Å². The highest BCUT2D eigenvalue weighted by molar-refractivity contribution is 5.91. The van der Waals surface area contributed by atoms with E-state index in [4.69, 9.17) is 4.74 Å². The number of nitro benzene ring substituents is 1. The Bertz CT molecular complexity index is 1010. The fraction of sp³-hybridized carbons (Fsp3) is 0.0625. The molecular weight excluding hydrogens is 314 g/mol. The van der Waals surface area contributed by atoms with Crippen LogP contribution in [0.4, 0.5) is 5.69 Å². The van der Waals surface area contributed by atoms with Crippen LogP contribution in [0.3, 0.4) is 0 Å². The van der Waals surface area contributed by atoms with Crippen molar-refractivity contribution in [3.8, 4) is 5.88 Å². The maximum atomic E-state index is 12.1. The quantitative estimate of drug-likeness (QED) is 0.415. The third kappa shape index (κ3) is 2.84. The van der Waals surface area contributed by atoms with Gasteiger partial charge in [-0.1, -0.05) is 6.07 Å². The molecule has 24 heavy (non-hydrogen) atoms.